The molecule has 144 valence electrons. The van der Waals surface area contributed by atoms with Crippen LogP contribution in [0.4, 0.5) is 5.69 Å². The summed E-state index contributed by atoms with van der Waals surface area (Å²) in [7, 11) is -3.59. The Bertz CT molecular complexity index is 784. The van der Waals surface area contributed by atoms with Crippen LogP contribution in [0.25, 0.3) is 0 Å². The smallest absolute Gasteiger partial charge is 0.244 e. The van der Waals surface area contributed by atoms with E-state index in [1.165, 1.54) is 16.3 Å². The molecule has 1 aromatic rings. The third kappa shape index (κ3) is 5.10. The summed E-state index contributed by atoms with van der Waals surface area (Å²) in [4.78, 5) is 12.8. The fourth-order valence-corrected chi connectivity index (χ4v) is 4.51. The van der Waals surface area contributed by atoms with Gasteiger partial charge in [-0.25, -0.2) is 8.42 Å². The van der Waals surface area contributed by atoms with Crippen molar-refractivity contribution < 1.29 is 13.2 Å². The van der Waals surface area contributed by atoms with Gasteiger partial charge in [-0.2, -0.15) is 0 Å². The molecule has 0 bridgehead atoms. The Morgan fingerprint density at radius 1 is 1.23 bits per heavy atom. The van der Waals surface area contributed by atoms with Crippen molar-refractivity contribution in [3.63, 3.8) is 0 Å². The maximum atomic E-state index is 12.8. The van der Waals surface area contributed by atoms with E-state index in [2.05, 4.69) is 11.4 Å². The maximum absolute atomic E-state index is 12.8. The Labute approximate surface area is 157 Å². The number of rotatable bonds is 7. The molecule has 1 amide bonds. The number of amides is 1. The van der Waals surface area contributed by atoms with Crippen LogP contribution in [0.15, 0.2) is 29.8 Å². The molecular weight excluding hydrogens is 348 g/mol. The predicted octanol–water partition coefficient (Wildman–Crippen LogP) is 3.46. The predicted molar refractivity (Wildman–Crippen MR) is 107 cm³/mol. The number of nitrogens with one attached hydrogen (secondary N) is 1. The van der Waals surface area contributed by atoms with Crippen molar-refractivity contribution >= 4 is 21.6 Å². The molecule has 0 saturated carbocycles. The lowest BCUT2D eigenvalue weighted by atomic mass is 9.99. The number of carbonyl (C=O) groups excluding carboxylic acids is 1. The minimum atomic E-state index is -3.59. The van der Waals surface area contributed by atoms with Gasteiger partial charge >= 0.3 is 0 Å². The van der Waals surface area contributed by atoms with Crippen molar-refractivity contribution in [2.45, 2.75) is 58.9 Å². The molecule has 2 rings (SSSR count). The Balaban J connectivity index is 2.24. The Hall–Kier alpha value is -1.82. The number of aryl methyl sites for hydroxylation is 2. The van der Waals surface area contributed by atoms with Crippen LogP contribution in [-0.4, -0.2) is 33.2 Å². The molecule has 0 heterocycles. The molecule has 1 aliphatic carbocycles. The second kappa shape index (κ2) is 8.71. The summed E-state index contributed by atoms with van der Waals surface area (Å²) in [5.74, 6) is -0.248. The minimum absolute atomic E-state index is 0.248. The highest BCUT2D eigenvalue weighted by molar-refractivity contribution is 7.92. The molecule has 0 unspecified atom stereocenters. The number of anilines is 1. The van der Waals surface area contributed by atoms with Crippen LogP contribution in [0.5, 0.6) is 0 Å². The van der Waals surface area contributed by atoms with E-state index in [0.717, 1.165) is 36.6 Å². The van der Waals surface area contributed by atoms with Gasteiger partial charge in [0.2, 0.25) is 15.9 Å². The highest BCUT2D eigenvalue weighted by Crippen LogP contribution is 2.25. The SMILES string of the molecule is CC[C@H](C(=O)NCC1=CCCCC1)N(c1ccc(C)c(C)c1)S(C)(=O)=O. The van der Waals surface area contributed by atoms with E-state index in [-0.39, 0.29) is 5.91 Å². The second-order valence-corrected chi connectivity index (χ2v) is 8.94. The van der Waals surface area contributed by atoms with Gasteiger partial charge < -0.3 is 5.32 Å². The standard InChI is InChI=1S/C20H30N2O3S/c1-5-19(20(23)21-14-17-9-7-6-8-10-17)22(26(4,24)25)18-12-11-15(2)16(3)13-18/h9,11-13,19H,5-8,10,14H2,1-4H3,(H,21,23)/t19-/m1/s1. The lowest BCUT2D eigenvalue weighted by molar-refractivity contribution is -0.122. The number of hydrogen-bond acceptors (Lipinski definition) is 3. The van der Waals surface area contributed by atoms with Crippen molar-refractivity contribution in [2.24, 2.45) is 0 Å². The molecule has 0 aliphatic heterocycles. The summed E-state index contributed by atoms with van der Waals surface area (Å²) >= 11 is 0. The van der Waals surface area contributed by atoms with Gasteiger partial charge in [-0.15, -0.1) is 0 Å². The third-order valence-corrected chi connectivity index (χ3v) is 6.13. The summed E-state index contributed by atoms with van der Waals surface area (Å²) in [6, 6.07) is 4.73. The molecule has 6 heteroatoms. The van der Waals surface area contributed by atoms with Gasteiger partial charge in [0, 0.05) is 6.54 Å². The van der Waals surface area contributed by atoms with Crippen molar-refractivity contribution in [1.29, 1.82) is 0 Å². The first-order valence-corrected chi connectivity index (χ1v) is 11.1. The van der Waals surface area contributed by atoms with Crippen LogP contribution in [0, 0.1) is 13.8 Å². The molecular formula is C20H30N2O3S. The molecule has 26 heavy (non-hydrogen) atoms. The molecule has 1 N–H and O–H groups in total. The van der Waals surface area contributed by atoms with E-state index < -0.39 is 16.1 Å². The first-order chi connectivity index (χ1) is 12.2. The zero-order valence-corrected chi connectivity index (χ0v) is 17.0. The summed E-state index contributed by atoms with van der Waals surface area (Å²) in [6.07, 6.45) is 8.15. The topological polar surface area (TPSA) is 66.5 Å². The number of allylic oxidation sites excluding steroid dienone is 1. The number of benzene rings is 1. The summed E-state index contributed by atoms with van der Waals surface area (Å²) in [5.41, 5.74) is 3.86. The lowest BCUT2D eigenvalue weighted by Crippen LogP contribution is -2.49. The van der Waals surface area contributed by atoms with E-state index in [4.69, 9.17) is 0 Å². The Morgan fingerprint density at radius 2 is 1.96 bits per heavy atom. The number of sulfonamides is 1. The maximum Gasteiger partial charge on any atom is 0.244 e. The van der Waals surface area contributed by atoms with Gasteiger partial charge in [0.05, 0.1) is 11.9 Å². The van der Waals surface area contributed by atoms with Crippen LogP contribution < -0.4 is 9.62 Å². The Kier molecular flexibility index (Phi) is 6.87. The number of carbonyl (C=O) groups is 1. The largest absolute Gasteiger partial charge is 0.351 e. The molecule has 1 aliphatic rings. The molecule has 0 radical (unpaired) electrons. The lowest BCUT2D eigenvalue weighted by Gasteiger charge is -2.30. The van der Waals surface area contributed by atoms with E-state index in [1.54, 1.807) is 6.07 Å². The minimum Gasteiger partial charge on any atom is -0.351 e. The van der Waals surface area contributed by atoms with Crippen LogP contribution in [0.3, 0.4) is 0 Å². The van der Waals surface area contributed by atoms with E-state index in [0.29, 0.717) is 18.7 Å². The fourth-order valence-electron chi connectivity index (χ4n) is 3.31. The van der Waals surface area contributed by atoms with Gasteiger partial charge in [-0.3, -0.25) is 9.10 Å². The average Bonchev–Trinajstić information content (AvgIpc) is 2.60. The van der Waals surface area contributed by atoms with Crippen molar-refractivity contribution in [1.82, 2.24) is 5.32 Å². The van der Waals surface area contributed by atoms with Crippen LogP contribution in [0.1, 0.15) is 50.2 Å². The monoisotopic (exact) mass is 378 g/mol. The Morgan fingerprint density at radius 3 is 2.50 bits per heavy atom. The van der Waals surface area contributed by atoms with Gasteiger partial charge in [0.25, 0.3) is 0 Å². The quantitative estimate of drug-likeness (QED) is 0.739. The average molecular weight is 379 g/mol. The number of nitrogens with zero attached hydrogens (tertiary/aromatic N) is 1. The van der Waals surface area contributed by atoms with E-state index in [9.17, 15) is 13.2 Å². The van der Waals surface area contributed by atoms with Crippen molar-refractivity contribution in [3.8, 4) is 0 Å². The summed E-state index contributed by atoms with van der Waals surface area (Å²) < 4.78 is 26.2. The van der Waals surface area contributed by atoms with Gasteiger partial charge in [0.15, 0.2) is 0 Å². The van der Waals surface area contributed by atoms with Crippen molar-refractivity contribution in [2.75, 3.05) is 17.1 Å². The number of hydrogen-bond donors (Lipinski definition) is 1. The van der Waals surface area contributed by atoms with Gasteiger partial charge in [0.1, 0.15) is 6.04 Å². The normalized spacial score (nSPS) is 15.9. The van der Waals surface area contributed by atoms with Crippen LogP contribution in [0.2, 0.25) is 0 Å². The zero-order chi connectivity index (χ0) is 19.3. The molecule has 5 nitrogen and oxygen atoms in total. The first kappa shape index (κ1) is 20.5. The fraction of sp³-hybridized carbons (Fsp3) is 0.550. The highest BCUT2D eigenvalue weighted by atomic mass is 32.2. The zero-order valence-electron chi connectivity index (χ0n) is 16.2. The van der Waals surface area contributed by atoms with E-state index >= 15 is 0 Å². The molecule has 1 aromatic carbocycles. The summed E-state index contributed by atoms with van der Waals surface area (Å²) in [5, 5.41) is 2.94. The molecule has 1 atom stereocenters. The molecule has 0 saturated heterocycles. The van der Waals surface area contributed by atoms with Gasteiger partial charge in [-0.05, 0) is 69.2 Å². The van der Waals surface area contributed by atoms with Gasteiger partial charge in [-0.1, -0.05) is 24.6 Å². The third-order valence-electron chi connectivity index (χ3n) is 4.95. The first-order valence-electron chi connectivity index (χ1n) is 9.26. The highest BCUT2D eigenvalue weighted by Gasteiger charge is 2.31. The van der Waals surface area contributed by atoms with Crippen molar-refractivity contribution in [3.05, 3.63) is 41.0 Å². The summed E-state index contributed by atoms with van der Waals surface area (Å²) in [6.45, 7) is 6.25. The second-order valence-electron chi connectivity index (χ2n) is 7.08. The van der Waals surface area contributed by atoms with Crippen LogP contribution >= 0.6 is 0 Å². The van der Waals surface area contributed by atoms with E-state index in [1.807, 2.05) is 32.9 Å². The molecule has 0 aromatic heterocycles. The molecule has 0 fully saturated rings. The molecule has 0 spiro atoms. The van der Waals surface area contributed by atoms with Crippen LogP contribution in [-0.2, 0) is 14.8 Å².